The molecule has 1 unspecified atom stereocenters. The minimum atomic E-state index is 0.230. The fourth-order valence-electron chi connectivity index (χ4n) is 9.30. The number of nitrogens with zero attached hydrogens (tertiary/aromatic N) is 3. The second-order valence-electron chi connectivity index (χ2n) is 12.0. The Bertz CT molecular complexity index is 2930. The van der Waals surface area contributed by atoms with Gasteiger partial charge in [-0.05, 0) is 43.7 Å². The van der Waals surface area contributed by atoms with Crippen LogP contribution in [0.3, 0.4) is 0 Å². The molecule has 4 aromatic carbocycles. The smallest absolute Gasteiger partial charge is 0.0662 e. The fourth-order valence-corrected chi connectivity index (χ4v) is 9.30. The van der Waals surface area contributed by atoms with Crippen LogP contribution in [0.25, 0.3) is 104 Å². The van der Waals surface area contributed by atoms with E-state index in [9.17, 15) is 0 Å². The molecule has 3 nitrogen and oxygen atoms in total. The Labute approximate surface area is 226 Å². The van der Waals surface area contributed by atoms with Crippen LogP contribution in [-0.2, 0) is 0 Å². The van der Waals surface area contributed by atoms with Crippen LogP contribution in [0, 0.1) is 0 Å². The van der Waals surface area contributed by atoms with Crippen molar-refractivity contribution in [3.8, 4) is 0 Å². The summed E-state index contributed by atoms with van der Waals surface area (Å²) in [6, 6.07) is 30.5. The van der Waals surface area contributed by atoms with Crippen molar-refractivity contribution in [2.75, 3.05) is 0 Å². The van der Waals surface area contributed by atoms with Gasteiger partial charge in [0.05, 0.1) is 44.7 Å². The summed E-state index contributed by atoms with van der Waals surface area (Å²) in [4.78, 5) is 0. The van der Waals surface area contributed by atoms with Gasteiger partial charge in [-0.25, -0.2) is 0 Å². The first-order valence-corrected chi connectivity index (χ1v) is 14.3. The summed E-state index contributed by atoms with van der Waals surface area (Å²) in [5, 5.41) is 16.6. The maximum Gasteiger partial charge on any atom is 0.0662 e. The molecule has 3 heteroatoms. The summed E-state index contributed by atoms with van der Waals surface area (Å²) < 4.78 is 7.85. The molecule has 12 rings (SSSR count). The van der Waals surface area contributed by atoms with Gasteiger partial charge in [-0.2, -0.15) is 0 Å². The third-order valence-electron chi connectivity index (χ3n) is 10.6. The number of rotatable bonds is 0. The van der Waals surface area contributed by atoms with Crippen molar-refractivity contribution < 1.29 is 0 Å². The quantitative estimate of drug-likeness (QED) is 0.144. The molecule has 1 atom stereocenters. The highest BCUT2D eigenvalue weighted by Gasteiger charge is 2.33. The first-order valence-electron chi connectivity index (χ1n) is 14.3. The minimum Gasteiger partial charge on any atom is -0.333 e. The average Bonchev–Trinajstić information content (AvgIpc) is 3.64. The Morgan fingerprint density at radius 1 is 0.500 bits per heavy atom. The number of hydrogen-bond donors (Lipinski definition) is 0. The van der Waals surface area contributed by atoms with Crippen molar-refractivity contribution in [1.82, 2.24) is 13.4 Å². The largest absolute Gasteiger partial charge is 0.333 e. The van der Waals surface area contributed by atoms with Crippen molar-refractivity contribution in [3.63, 3.8) is 0 Å². The first-order chi connectivity index (χ1) is 19.8. The predicted octanol–water partition coefficient (Wildman–Crippen LogP) is 8.97. The molecule has 184 valence electrons. The van der Waals surface area contributed by atoms with Crippen LogP contribution in [0.5, 0.6) is 0 Å². The Morgan fingerprint density at radius 3 is 1.52 bits per heavy atom. The number of hydrogen-bond acceptors (Lipinski definition) is 0. The minimum absolute atomic E-state index is 0.230. The van der Waals surface area contributed by atoms with Gasteiger partial charge in [-0.1, -0.05) is 60.7 Å². The van der Waals surface area contributed by atoms with E-state index in [4.69, 9.17) is 0 Å². The van der Waals surface area contributed by atoms with E-state index in [1.165, 1.54) is 109 Å². The van der Waals surface area contributed by atoms with E-state index in [1.807, 2.05) is 0 Å². The van der Waals surface area contributed by atoms with Crippen LogP contribution >= 0.6 is 0 Å². The van der Waals surface area contributed by atoms with Crippen LogP contribution in [0.2, 0.25) is 0 Å². The summed E-state index contributed by atoms with van der Waals surface area (Å²) in [6.07, 6.45) is 2.34. The van der Waals surface area contributed by atoms with Crippen LogP contribution < -0.4 is 5.35 Å². The molecule has 11 aromatic rings. The van der Waals surface area contributed by atoms with Crippen LogP contribution in [0.4, 0.5) is 0 Å². The number of benzene rings is 4. The van der Waals surface area contributed by atoms with Crippen molar-refractivity contribution >= 4 is 104 Å². The number of fused-ring (bicyclic) bond motifs is 4. The second kappa shape index (κ2) is 5.64. The molecule has 0 bridgehead atoms. The second-order valence-corrected chi connectivity index (χ2v) is 12.0. The van der Waals surface area contributed by atoms with Crippen LogP contribution in [0.1, 0.15) is 25.5 Å². The van der Waals surface area contributed by atoms with Gasteiger partial charge in [0.15, 0.2) is 0 Å². The molecule has 1 aliphatic heterocycles. The molecule has 0 fully saturated rings. The van der Waals surface area contributed by atoms with Gasteiger partial charge in [-0.3, -0.25) is 0 Å². The van der Waals surface area contributed by atoms with E-state index in [-0.39, 0.29) is 6.04 Å². The van der Waals surface area contributed by atoms with E-state index < -0.39 is 0 Å². The van der Waals surface area contributed by atoms with Gasteiger partial charge in [-0.15, -0.1) is 0 Å². The number of aromatic nitrogens is 3. The van der Waals surface area contributed by atoms with Crippen molar-refractivity contribution in [2.24, 2.45) is 0 Å². The van der Waals surface area contributed by atoms with E-state index >= 15 is 0 Å². The molecule has 0 N–H and O–H groups in total. The summed E-state index contributed by atoms with van der Waals surface area (Å²) in [5.74, 6) is 0. The zero-order valence-electron chi connectivity index (χ0n) is 22.0. The zero-order chi connectivity index (χ0) is 25.8. The summed E-state index contributed by atoms with van der Waals surface area (Å²) in [6.45, 7) is 4.61. The van der Waals surface area contributed by atoms with Gasteiger partial charge in [0, 0.05) is 64.6 Å². The van der Waals surface area contributed by atoms with Crippen molar-refractivity contribution in [3.05, 3.63) is 89.8 Å². The third kappa shape index (κ3) is 1.60. The number of pyridine rings is 5. The Hall–Kier alpha value is -5.02. The Morgan fingerprint density at radius 2 is 0.950 bits per heavy atom. The van der Waals surface area contributed by atoms with Gasteiger partial charge >= 0.3 is 0 Å². The van der Waals surface area contributed by atoms with Gasteiger partial charge in [0.25, 0.3) is 0 Å². The summed E-state index contributed by atoms with van der Waals surface area (Å²) in [7, 11) is 0. The molecule has 0 radical (unpaired) electrons. The molecule has 0 saturated carbocycles. The van der Waals surface area contributed by atoms with E-state index in [0.717, 1.165) is 0 Å². The lowest BCUT2D eigenvalue weighted by molar-refractivity contribution is 0.648. The molecule has 0 amide bonds. The highest BCUT2D eigenvalue weighted by molar-refractivity contribution is 6.45. The third-order valence-corrected chi connectivity index (χ3v) is 10.6. The lowest BCUT2D eigenvalue weighted by Gasteiger charge is -2.33. The zero-order valence-corrected chi connectivity index (χ0v) is 22.0. The lowest BCUT2D eigenvalue weighted by Crippen LogP contribution is -2.28. The molecular formula is C37H21N3. The summed E-state index contributed by atoms with van der Waals surface area (Å²) in [5.41, 5.74) is 10.8. The van der Waals surface area contributed by atoms with E-state index in [2.05, 4.69) is 112 Å². The molecule has 8 heterocycles. The lowest BCUT2D eigenvalue weighted by atomic mass is 9.85. The van der Waals surface area contributed by atoms with Crippen molar-refractivity contribution in [2.45, 2.75) is 19.9 Å². The Kier molecular flexibility index (Phi) is 2.69. The van der Waals surface area contributed by atoms with Gasteiger partial charge < -0.3 is 13.4 Å². The maximum absolute atomic E-state index is 2.66. The fraction of sp³-hybridized carbons (Fsp3) is 0.0811. The average molecular weight is 508 g/mol. The highest BCUT2D eigenvalue weighted by atomic mass is 15.0. The predicted molar refractivity (Wildman–Crippen MR) is 169 cm³/mol. The first kappa shape index (κ1) is 19.1. The summed E-state index contributed by atoms with van der Waals surface area (Å²) >= 11 is 0. The standard InChI is InChI=1S/C37H21N3/c1-3-24-19-8-5-10-21-26-15-16-28-23-12-6-11-22-27-14-13-25-20-9-4-7-18-17(2)38(24)35-32(29(18)20)36(39(25)27)34(31(22)23)37(40(26)28)33(35)30(19)21/h3-17H,1-2H3/b24-3-. The molecule has 7 aromatic heterocycles. The van der Waals surface area contributed by atoms with Crippen LogP contribution in [-0.4, -0.2) is 13.4 Å². The maximum atomic E-state index is 2.66. The SMILES string of the molecule is C/C=c1/c2cccc3c2c2c4c5c6c(cccc6c6ccc7c8cccc9c8c(c5n67)c2n2c3ccc92)C(C)n14. The monoisotopic (exact) mass is 507 g/mol. The molecule has 0 spiro atoms. The normalized spacial score (nSPS) is 16.6. The Balaban J connectivity index is 1.68. The van der Waals surface area contributed by atoms with E-state index in [0.29, 0.717) is 0 Å². The topological polar surface area (TPSA) is 13.8 Å². The van der Waals surface area contributed by atoms with E-state index in [1.54, 1.807) is 0 Å². The molecule has 0 aliphatic carbocycles. The van der Waals surface area contributed by atoms with Crippen molar-refractivity contribution in [1.29, 1.82) is 0 Å². The van der Waals surface area contributed by atoms with Crippen LogP contribution in [0.15, 0.2) is 78.9 Å². The molecule has 0 saturated heterocycles. The van der Waals surface area contributed by atoms with Gasteiger partial charge in [0.2, 0.25) is 0 Å². The molecule has 1 aliphatic rings. The molecular weight excluding hydrogens is 486 g/mol. The molecule has 40 heavy (non-hydrogen) atoms. The van der Waals surface area contributed by atoms with Gasteiger partial charge in [0.1, 0.15) is 0 Å². The highest BCUT2D eigenvalue weighted by Crippen LogP contribution is 2.54.